The van der Waals surface area contributed by atoms with E-state index in [1.807, 2.05) is 0 Å². The van der Waals surface area contributed by atoms with Crippen LogP contribution < -0.4 is 4.90 Å². The van der Waals surface area contributed by atoms with Gasteiger partial charge in [0.25, 0.3) is 0 Å². The Kier molecular flexibility index (Phi) is 4.54. The van der Waals surface area contributed by atoms with Gasteiger partial charge in [-0.15, -0.1) is 11.6 Å². The summed E-state index contributed by atoms with van der Waals surface area (Å²) in [7, 11) is 0. The van der Waals surface area contributed by atoms with Gasteiger partial charge in [-0.25, -0.2) is 14.2 Å². The summed E-state index contributed by atoms with van der Waals surface area (Å²) in [6, 6.07) is 4.21. The number of azide groups is 1. The fraction of sp³-hybridized carbons (Fsp3) is 0.286. The zero-order valence-electron chi connectivity index (χ0n) is 12.2. The van der Waals surface area contributed by atoms with Gasteiger partial charge in [-0.05, 0) is 23.7 Å². The van der Waals surface area contributed by atoms with Crippen LogP contribution in [-0.2, 0) is 10.6 Å². The van der Waals surface area contributed by atoms with E-state index in [0.29, 0.717) is 11.4 Å². The van der Waals surface area contributed by atoms with E-state index in [4.69, 9.17) is 26.3 Å². The highest BCUT2D eigenvalue weighted by Crippen LogP contribution is 2.29. The average molecular weight is 352 g/mol. The van der Waals surface area contributed by atoms with E-state index in [1.165, 1.54) is 23.3 Å². The molecule has 1 saturated heterocycles. The third-order valence-corrected chi connectivity index (χ3v) is 3.68. The maximum absolute atomic E-state index is 14.4. The van der Waals surface area contributed by atoms with E-state index in [-0.39, 0.29) is 30.4 Å². The molecule has 1 amide bonds. The topological polar surface area (TPSA) is 104 Å². The summed E-state index contributed by atoms with van der Waals surface area (Å²) in [6.07, 6.45) is 0.170. The Morgan fingerprint density at radius 2 is 2.38 bits per heavy atom. The minimum atomic E-state index is -0.624. The first-order valence-electron chi connectivity index (χ1n) is 6.91. The number of oxazole rings is 1. The van der Waals surface area contributed by atoms with Crippen molar-refractivity contribution in [3.8, 4) is 11.5 Å². The second kappa shape index (κ2) is 6.77. The number of rotatable bonds is 5. The standard InChI is InChI=1S/C14H11ClFN5O3/c15-4-8-7-23-13(19-8)11-2-1-9(3-12(11)16)21-6-10(5-18-20-17)24-14(21)22/h1-3,7,10H,4-6H2. The number of nitrogens with zero attached hydrogens (tertiary/aromatic N) is 5. The molecule has 24 heavy (non-hydrogen) atoms. The van der Waals surface area contributed by atoms with Gasteiger partial charge in [-0.1, -0.05) is 5.11 Å². The fourth-order valence-corrected chi connectivity index (χ4v) is 2.42. The molecule has 10 heteroatoms. The lowest BCUT2D eigenvalue weighted by Crippen LogP contribution is -2.25. The van der Waals surface area contributed by atoms with E-state index >= 15 is 0 Å². The molecule has 0 aliphatic carbocycles. The molecule has 1 atom stereocenters. The van der Waals surface area contributed by atoms with Gasteiger partial charge >= 0.3 is 6.09 Å². The van der Waals surface area contributed by atoms with Crippen LogP contribution >= 0.6 is 11.6 Å². The second-order valence-electron chi connectivity index (χ2n) is 4.97. The summed E-state index contributed by atoms with van der Waals surface area (Å²) in [4.78, 5) is 19.8. The first kappa shape index (κ1) is 16.1. The average Bonchev–Trinajstić information content (AvgIpc) is 3.19. The Morgan fingerprint density at radius 1 is 1.54 bits per heavy atom. The third kappa shape index (κ3) is 3.12. The molecule has 2 heterocycles. The van der Waals surface area contributed by atoms with E-state index in [9.17, 15) is 9.18 Å². The van der Waals surface area contributed by atoms with Crippen LogP contribution in [0, 0.1) is 5.82 Å². The van der Waals surface area contributed by atoms with Crippen LogP contribution in [-0.4, -0.2) is 30.3 Å². The molecule has 1 fully saturated rings. The molecule has 0 saturated carbocycles. The largest absolute Gasteiger partial charge is 0.444 e. The van der Waals surface area contributed by atoms with Crippen molar-refractivity contribution >= 4 is 23.4 Å². The molecule has 0 radical (unpaired) electrons. The number of aromatic nitrogens is 1. The Balaban J connectivity index is 1.82. The molecular formula is C14H11ClFN5O3. The van der Waals surface area contributed by atoms with E-state index < -0.39 is 18.0 Å². The highest BCUT2D eigenvalue weighted by molar-refractivity contribution is 6.16. The predicted molar refractivity (Wildman–Crippen MR) is 83.1 cm³/mol. The molecule has 8 nitrogen and oxygen atoms in total. The molecule has 2 aromatic rings. The van der Waals surface area contributed by atoms with Crippen LogP contribution in [0.4, 0.5) is 14.9 Å². The molecule has 124 valence electrons. The second-order valence-corrected chi connectivity index (χ2v) is 5.24. The first-order chi connectivity index (χ1) is 11.6. The SMILES string of the molecule is [N-]=[N+]=NCC1CN(c2ccc(-c3nc(CCl)co3)c(F)c2)C(=O)O1. The van der Waals surface area contributed by atoms with Crippen molar-refractivity contribution < 1.29 is 18.3 Å². The van der Waals surface area contributed by atoms with Gasteiger partial charge in [0.2, 0.25) is 5.89 Å². The van der Waals surface area contributed by atoms with Gasteiger partial charge in [0, 0.05) is 4.91 Å². The van der Waals surface area contributed by atoms with E-state index in [2.05, 4.69) is 15.0 Å². The number of hydrogen-bond acceptors (Lipinski definition) is 5. The molecule has 0 bridgehead atoms. The lowest BCUT2D eigenvalue weighted by molar-refractivity contribution is 0.145. The smallest absolute Gasteiger partial charge is 0.414 e. The number of cyclic esters (lactones) is 1. The van der Waals surface area contributed by atoms with Crippen LogP contribution in [0.15, 0.2) is 34.0 Å². The molecule has 0 N–H and O–H groups in total. The normalized spacial score (nSPS) is 16.8. The maximum atomic E-state index is 14.4. The Hall–Kier alpha value is -2.77. The minimum Gasteiger partial charge on any atom is -0.444 e. The summed E-state index contributed by atoms with van der Waals surface area (Å²) in [5.41, 5.74) is 9.29. The Bertz CT molecular complexity index is 820. The number of ether oxygens (including phenoxy) is 1. The molecule has 1 aliphatic heterocycles. The number of halogens is 2. The van der Waals surface area contributed by atoms with Gasteiger partial charge < -0.3 is 9.15 Å². The minimum absolute atomic E-state index is 0.0246. The van der Waals surface area contributed by atoms with Gasteiger partial charge in [-0.2, -0.15) is 0 Å². The van der Waals surface area contributed by atoms with Crippen molar-refractivity contribution in [1.29, 1.82) is 0 Å². The first-order valence-corrected chi connectivity index (χ1v) is 7.45. The van der Waals surface area contributed by atoms with Crippen LogP contribution in [0.25, 0.3) is 21.9 Å². The van der Waals surface area contributed by atoms with Crippen LogP contribution in [0.2, 0.25) is 0 Å². The number of anilines is 1. The fourth-order valence-electron chi connectivity index (χ4n) is 2.29. The molecule has 0 spiro atoms. The third-order valence-electron chi connectivity index (χ3n) is 3.41. The molecule has 1 aromatic carbocycles. The highest BCUT2D eigenvalue weighted by atomic mass is 35.5. The van der Waals surface area contributed by atoms with Crippen molar-refractivity contribution in [2.45, 2.75) is 12.0 Å². The predicted octanol–water partition coefficient (Wildman–Crippen LogP) is 3.86. The number of hydrogen-bond donors (Lipinski definition) is 0. The number of amides is 1. The number of carbonyl (C=O) groups excluding carboxylic acids is 1. The van der Waals surface area contributed by atoms with E-state index in [0.717, 1.165) is 0 Å². The number of benzene rings is 1. The Labute approximate surface area is 140 Å². The van der Waals surface area contributed by atoms with Crippen LogP contribution in [0.1, 0.15) is 5.69 Å². The summed E-state index contributed by atoms with van der Waals surface area (Å²) < 4.78 is 24.6. The molecular weight excluding hydrogens is 341 g/mol. The quantitative estimate of drug-likeness (QED) is 0.353. The van der Waals surface area contributed by atoms with Gasteiger partial charge in [0.15, 0.2) is 0 Å². The van der Waals surface area contributed by atoms with Crippen molar-refractivity contribution in [3.63, 3.8) is 0 Å². The van der Waals surface area contributed by atoms with Crippen molar-refractivity contribution in [2.24, 2.45) is 5.11 Å². The van der Waals surface area contributed by atoms with E-state index in [1.54, 1.807) is 6.07 Å². The molecule has 1 aliphatic rings. The van der Waals surface area contributed by atoms with Crippen LogP contribution in [0.5, 0.6) is 0 Å². The number of alkyl halides is 1. The summed E-state index contributed by atoms with van der Waals surface area (Å²) in [5.74, 6) is -0.322. The summed E-state index contributed by atoms with van der Waals surface area (Å²) in [6.45, 7) is 0.197. The van der Waals surface area contributed by atoms with Gasteiger partial charge in [-0.3, -0.25) is 4.90 Å². The lowest BCUT2D eigenvalue weighted by atomic mass is 10.1. The van der Waals surface area contributed by atoms with Crippen molar-refractivity contribution in [1.82, 2.24) is 4.98 Å². The van der Waals surface area contributed by atoms with Crippen LogP contribution in [0.3, 0.4) is 0 Å². The molecule has 3 rings (SSSR count). The zero-order chi connectivity index (χ0) is 17.1. The highest BCUT2D eigenvalue weighted by Gasteiger charge is 2.32. The Morgan fingerprint density at radius 3 is 3.04 bits per heavy atom. The van der Waals surface area contributed by atoms with Gasteiger partial charge in [0.05, 0.1) is 35.9 Å². The maximum Gasteiger partial charge on any atom is 0.414 e. The number of carbonyl (C=O) groups is 1. The molecule has 1 unspecified atom stereocenters. The van der Waals surface area contributed by atoms with Gasteiger partial charge in [0.1, 0.15) is 18.2 Å². The monoisotopic (exact) mass is 351 g/mol. The lowest BCUT2D eigenvalue weighted by Gasteiger charge is -2.13. The molecule has 1 aromatic heterocycles. The van der Waals surface area contributed by atoms with Crippen molar-refractivity contribution in [3.05, 3.63) is 46.4 Å². The van der Waals surface area contributed by atoms with Crippen molar-refractivity contribution in [2.75, 3.05) is 18.0 Å². The zero-order valence-corrected chi connectivity index (χ0v) is 13.0. The summed E-state index contributed by atoms with van der Waals surface area (Å²) >= 11 is 5.64. The summed E-state index contributed by atoms with van der Waals surface area (Å²) in [5, 5.41) is 3.37.